The lowest BCUT2D eigenvalue weighted by Crippen LogP contribution is -2.40. The number of rotatable bonds is 6. The van der Waals surface area contributed by atoms with Crippen LogP contribution >= 0.6 is 0 Å². The summed E-state index contributed by atoms with van der Waals surface area (Å²) in [7, 11) is 0. The number of piperidine rings is 1. The molecule has 140 valence electrons. The standard InChI is InChI=1S/C21H28FN3O/c22-20-9-4-10-21(19(20)14-23)24-12-5-6-17(15-24)11-13-25(16-26)18-7-2-1-3-8-18/h4,9-10,16-18H,1-3,5-8,11-13,15H2. The molecule has 1 aromatic rings. The average molecular weight is 357 g/mol. The monoisotopic (exact) mass is 357 g/mol. The molecule has 0 spiro atoms. The highest BCUT2D eigenvalue weighted by Crippen LogP contribution is 2.29. The highest BCUT2D eigenvalue weighted by Gasteiger charge is 2.25. The van der Waals surface area contributed by atoms with Gasteiger partial charge in [-0.05, 0) is 50.2 Å². The maximum Gasteiger partial charge on any atom is 0.209 e. The first-order valence-electron chi connectivity index (χ1n) is 9.87. The smallest absolute Gasteiger partial charge is 0.209 e. The van der Waals surface area contributed by atoms with Gasteiger partial charge in [-0.3, -0.25) is 4.79 Å². The van der Waals surface area contributed by atoms with E-state index in [0.29, 0.717) is 17.6 Å². The van der Waals surface area contributed by atoms with Crippen LogP contribution in [0.3, 0.4) is 0 Å². The number of benzene rings is 1. The lowest BCUT2D eigenvalue weighted by molar-refractivity contribution is -0.121. The molecule has 1 heterocycles. The number of halogens is 1. The molecular weight excluding hydrogens is 329 g/mol. The van der Waals surface area contributed by atoms with Gasteiger partial charge in [-0.15, -0.1) is 0 Å². The van der Waals surface area contributed by atoms with Crippen molar-refractivity contribution in [3.05, 3.63) is 29.6 Å². The molecular formula is C21H28FN3O. The fraction of sp³-hybridized carbons (Fsp3) is 0.619. The summed E-state index contributed by atoms with van der Waals surface area (Å²) in [6, 6.07) is 7.27. The Balaban J connectivity index is 1.59. The lowest BCUT2D eigenvalue weighted by Gasteiger charge is -2.37. The topological polar surface area (TPSA) is 47.3 Å². The molecule has 0 aromatic heterocycles. The summed E-state index contributed by atoms with van der Waals surface area (Å²) in [6.07, 6.45) is 10.2. The van der Waals surface area contributed by atoms with Crippen molar-refractivity contribution < 1.29 is 9.18 Å². The van der Waals surface area contributed by atoms with Crippen LogP contribution in [0.25, 0.3) is 0 Å². The van der Waals surface area contributed by atoms with E-state index in [-0.39, 0.29) is 5.56 Å². The number of nitriles is 1. The average Bonchev–Trinajstić information content (AvgIpc) is 2.69. The Kier molecular flexibility index (Phi) is 6.49. The largest absolute Gasteiger partial charge is 0.370 e. The van der Waals surface area contributed by atoms with Crippen molar-refractivity contribution in [1.82, 2.24) is 4.90 Å². The third-order valence-corrected chi connectivity index (χ3v) is 5.94. The van der Waals surface area contributed by atoms with E-state index in [9.17, 15) is 14.4 Å². The molecule has 5 heteroatoms. The number of carbonyl (C=O) groups excluding carboxylic acids is 1. The fourth-order valence-electron chi connectivity index (χ4n) is 4.47. The molecule has 1 atom stereocenters. The van der Waals surface area contributed by atoms with Crippen molar-refractivity contribution >= 4 is 12.1 Å². The molecule has 2 fully saturated rings. The summed E-state index contributed by atoms with van der Waals surface area (Å²) in [6.45, 7) is 2.49. The van der Waals surface area contributed by atoms with Gasteiger partial charge in [0.25, 0.3) is 0 Å². The molecule has 0 radical (unpaired) electrons. The SMILES string of the molecule is N#Cc1c(F)cccc1N1CCCC(CCN(C=O)C2CCCCC2)C1. The predicted molar refractivity (Wildman–Crippen MR) is 100 cm³/mol. The van der Waals surface area contributed by atoms with Gasteiger partial charge in [0.2, 0.25) is 6.41 Å². The zero-order valence-electron chi connectivity index (χ0n) is 15.4. The molecule has 1 amide bonds. The van der Waals surface area contributed by atoms with Gasteiger partial charge in [-0.25, -0.2) is 4.39 Å². The quantitative estimate of drug-likeness (QED) is 0.720. The number of amides is 1. The highest BCUT2D eigenvalue weighted by atomic mass is 19.1. The Morgan fingerprint density at radius 2 is 2.04 bits per heavy atom. The van der Waals surface area contributed by atoms with E-state index in [1.54, 1.807) is 6.07 Å². The van der Waals surface area contributed by atoms with E-state index in [0.717, 1.165) is 58.1 Å². The van der Waals surface area contributed by atoms with Gasteiger partial charge in [0, 0.05) is 25.7 Å². The van der Waals surface area contributed by atoms with Crippen molar-refractivity contribution in [3.63, 3.8) is 0 Å². The molecule has 4 nitrogen and oxygen atoms in total. The van der Waals surface area contributed by atoms with Crippen LogP contribution in [0.15, 0.2) is 18.2 Å². The Labute approximate surface area is 155 Å². The van der Waals surface area contributed by atoms with Gasteiger partial charge in [0.05, 0.1) is 5.69 Å². The van der Waals surface area contributed by atoms with Crippen LogP contribution in [-0.2, 0) is 4.79 Å². The van der Waals surface area contributed by atoms with Crippen LogP contribution in [0.5, 0.6) is 0 Å². The van der Waals surface area contributed by atoms with Crippen molar-refractivity contribution in [1.29, 1.82) is 5.26 Å². The third kappa shape index (κ3) is 4.35. The minimum Gasteiger partial charge on any atom is -0.370 e. The summed E-state index contributed by atoms with van der Waals surface area (Å²) >= 11 is 0. The maximum atomic E-state index is 13.9. The molecule has 1 unspecified atom stereocenters. The minimum absolute atomic E-state index is 0.143. The molecule has 1 saturated heterocycles. The molecule has 2 aliphatic rings. The first kappa shape index (κ1) is 18.7. The van der Waals surface area contributed by atoms with Crippen molar-refractivity contribution in [3.8, 4) is 6.07 Å². The lowest BCUT2D eigenvalue weighted by atomic mass is 9.91. The van der Waals surface area contributed by atoms with E-state index in [1.165, 1.54) is 25.3 Å². The number of hydrogen-bond acceptors (Lipinski definition) is 3. The number of carbonyl (C=O) groups is 1. The van der Waals surface area contributed by atoms with Crippen LogP contribution in [0.2, 0.25) is 0 Å². The zero-order chi connectivity index (χ0) is 18.4. The second-order valence-corrected chi connectivity index (χ2v) is 7.62. The zero-order valence-corrected chi connectivity index (χ0v) is 15.4. The Morgan fingerprint density at radius 1 is 1.23 bits per heavy atom. The second-order valence-electron chi connectivity index (χ2n) is 7.62. The van der Waals surface area contributed by atoms with Gasteiger partial charge in [-0.1, -0.05) is 25.3 Å². The van der Waals surface area contributed by atoms with Gasteiger partial charge in [-0.2, -0.15) is 5.26 Å². The van der Waals surface area contributed by atoms with Gasteiger partial charge < -0.3 is 9.80 Å². The summed E-state index contributed by atoms with van der Waals surface area (Å²) < 4.78 is 13.9. The van der Waals surface area contributed by atoms with E-state index in [1.807, 2.05) is 17.0 Å². The molecule has 26 heavy (non-hydrogen) atoms. The Hall–Kier alpha value is -2.09. The summed E-state index contributed by atoms with van der Waals surface area (Å²) in [5.74, 6) is 0.0288. The van der Waals surface area contributed by atoms with Crippen molar-refractivity contribution in [2.24, 2.45) is 5.92 Å². The Morgan fingerprint density at radius 3 is 2.77 bits per heavy atom. The predicted octanol–water partition coefficient (Wildman–Crippen LogP) is 4.09. The normalized spacial score (nSPS) is 21.2. The maximum absolute atomic E-state index is 13.9. The number of anilines is 1. The first-order valence-corrected chi connectivity index (χ1v) is 9.87. The van der Waals surface area contributed by atoms with Crippen LogP contribution in [-0.4, -0.2) is 37.0 Å². The van der Waals surface area contributed by atoms with Gasteiger partial charge >= 0.3 is 0 Å². The second kappa shape index (κ2) is 9.02. The van der Waals surface area contributed by atoms with Crippen molar-refractivity contribution in [2.75, 3.05) is 24.5 Å². The van der Waals surface area contributed by atoms with E-state index >= 15 is 0 Å². The summed E-state index contributed by atoms with van der Waals surface area (Å²) in [5, 5.41) is 9.29. The van der Waals surface area contributed by atoms with E-state index in [2.05, 4.69) is 4.90 Å². The molecule has 1 aliphatic heterocycles. The van der Waals surface area contributed by atoms with Crippen LogP contribution in [0, 0.1) is 23.1 Å². The number of hydrogen-bond donors (Lipinski definition) is 0. The molecule has 3 rings (SSSR count). The Bertz CT molecular complexity index is 651. The molecule has 0 bridgehead atoms. The van der Waals surface area contributed by atoms with Crippen LogP contribution in [0.4, 0.5) is 10.1 Å². The number of nitrogens with zero attached hydrogens (tertiary/aromatic N) is 3. The van der Waals surface area contributed by atoms with Crippen molar-refractivity contribution in [2.45, 2.75) is 57.4 Å². The van der Waals surface area contributed by atoms with E-state index in [4.69, 9.17) is 0 Å². The molecule has 1 aromatic carbocycles. The van der Waals surface area contributed by atoms with E-state index < -0.39 is 5.82 Å². The fourth-order valence-corrected chi connectivity index (χ4v) is 4.47. The molecule has 0 N–H and O–H groups in total. The van der Waals surface area contributed by atoms with Gasteiger partial charge in [0.1, 0.15) is 17.4 Å². The third-order valence-electron chi connectivity index (χ3n) is 5.94. The van der Waals surface area contributed by atoms with Crippen LogP contribution in [0.1, 0.15) is 56.9 Å². The molecule has 1 saturated carbocycles. The minimum atomic E-state index is -0.448. The summed E-state index contributed by atoms with van der Waals surface area (Å²) in [5.41, 5.74) is 0.849. The first-order chi connectivity index (χ1) is 12.7. The van der Waals surface area contributed by atoms with Crippen LogP contribution < -0.4 is 4.90 Å². The summed E-state index contributed by atoms with van der Waals surface area (Å²) in [4.78, 5) is 15.7. The highest BCUT2D eigenvalue weighted by molar-refractivity contribution is 5.60. The molecule has 1 aliphatic carbocycles. The van der Waals surface area contributed by atoms with Gasteiger partial charge in [0.15, 0.2) is 0 Å².